The summed E-state index contributed by atoms with van der Waals surface area (Å²) in [5.74, 6) is -0.483. The van der Waals surface area contributed by atoms with E-state index >= 15 is 0 Å². The molecule has 0 radical (unpaired) electrons. The summed E-state index contributed by atoms with van der Waals surface area (Å²) in [7, 11) is 0. The maximum atomic E-state index is 11.0. The molecular formula is C10H8N4O2S. The summed E-state index contributed by atoms with van der Waals surface area (Å²) in [4.78, 5) is 17.7. The molecule has 17 heavy (non-hydrogen) atoms. The molecule has 0 saturated carbocycles. The second kappa shape index (κ2) is 3.36. The van der Waals surface area contributed by atoms with Crippen LogP contribution in [0.2, 0.25) is 0 Å². The minimum atomic E-state index is -0.483. The fourth-order valence-electron chi connectivity index (χ4n) is 1.65. The quantitative estimate of drug-likeness (QED) is 0.603. The van der Waals surface area contributed by atoms with E-state index in [4.69, 9.17) is 15.9 Å². The summed E-state index contributed by atoms with van der Waals surface area (Å²) in [6.45, 7) is 0. The van der Waals surface area contributed by atoms with Crippen LogP contribution in [0, 0.1) is 0 Å². The average Bonchev–Trinajstić information content (AvgIpc) is 2.78. The molecule has 0 unspecified atom stereocenters. The summed E-state index contributed by atoms with van der Waals surface area (Å²) in [5, 5.41) is 0.952. The number of fused-ring (bicyclic) bond motifs is 1. The molecule has 2 aromatic heterocycles. The molecule has 7 heteroatoms. The molecule has 0 amide bonds. The summed E-state index contributed by atoms with van der Waals surface area (Å²) < 4.78 is 4.97. The molecule has 0 spiro atoms. The number of nitrogen functional groups attached to an aromatic ring is 2. The van der Waals surface area contributed by atoms with Crippen LogP contribution in [-0.4, -0.2) is 9.97 Å². The molecule has 0 fully saturated rings. The molecule has 3 aromatic rings. The van der Waals surface area contributed by atoms with Crippen LogP contribution in [0.5, 0.6) is 0 Å². The van der Waals surface area contributed by atoms with E-state index in [0.29, 0.717) is 26.9 Å². The Balaban J connectivity index is 2.23. The molecule has 6 nitrogen and oxygen atoms in total. The molecule has 0 aliphatic rings. The van der Waals surface area contributed by atoms with Crippen molar-refractivity contribution in [2.45, 2.75) is 0 Å². The van der Waals surface area contributed by atoms with Crippen molar-refractivity contribution >= 4 is 32.6 Å². The first kappa shape index (κ1) is 9.91. The summed E-state index contributed by atoms with van der Waals surface area (Å²) in [5.41, 5.74) is 13.9. The molecule has 0 aliphatic carbocycles. The van der Waals surface area contributed by atoms with E-state index in [9.17, 15) is 4.79 Å². The van der Waals surface area contributed by atoms with Crippen molar-refractivity contribution in [2.75, 3.05) is 11.5 Å². The fourth-order valence-corrected chi connectivity index (χ4v) is 2.27. The number of hydrogen-bond donors (Lipinski definition) is 3. The third-order valence-electron chi connectivity index (χ3n) is 2.36. The molecule has 2 heterocycles. The molecule has 0 aliphatic heterocycles. The van der Waals surface area contributed by atoms with Crippen LogP contribution >= 0.6 is 11.3 Å². The van der Waals surface area contributed by atoms with Crippen molar-refractivity contribution < 1.29 is 4.42 Å². The molecule has 5 N–H and O–H groups in total. The van der Waals surface area contributed by atoms with E-state index in [1.807, 2.05) is 0 Å². The lowest BCUT2D eigenvalue weighted by Gasteiger charge is -1.97. The van der Waals surface area contributed by atoms with E-state index in [1.165, 1.54) is 11.3 Å². The summed E-state index contributed by atoms with van der Waals surface area (Å²) >= 11 is 1.22. The maximum Gasteiger partial charge on any atom is 0.417 e. The first-order valence-electron chi connectivity index (χ1n) is 4.78. The Labute approximate surface area is 98.9 Å². The molecule has 1 aromatic carbocycles. The third-order valence-corrected chi connectivity index (χ3v) is 3.08. The smallest absolute Gasteiger partial charge is 0.408 e. The van der Waals surface area contributed by atoms with Gasteiger partial charge in [0, 0.05) is 5.56 Å². The van der Waals surface area contributed by atoms with Gasteiger partial charge in [-0.3, -0.25) is 4.98 Å². The van der Waals surface area contributed by atoms with Crippen LogP contribution in [0.1, 0.15) is 0 Å². The number of rotatable bonds is 1. The molecule has 0 bridgehead atoms. The zero-order chi connectivity index (χ0) is 12.0. The maximum absolute atomic E-state index is 11.0. The van der Waals surface area contributed by atoms with Crippen LogP contribution in [0.4, 0.5) is 10.1 Å². The topological polar surface area (TPSA) is 111 Å². The monoisotopic (exact) mass is 248 g/mol. The number of nitrogens with one attached hydrogen (secondary N) is 1. The number of nitrogens with two attached hydrogens (primary N) is 2. The number of nitrogens with zero attached hydrogens (tertiary/aromatic N) is 1. The van der Waals surface area contributed by atoms with Gasteiger partial charge in [0.1, 0.15) is 10.7 Å². The van der Waals surface area contributed by atoms with Gasteiger partial charge in [-0.2, -0.15) is 0 Å². The van der Waals surface area contributed by atoms with Gasteiger partial charge in [0.05, 0.1) is 5.52 Å². The van der Waals surface area contributed by atoms with Crippen molar-refractivity contribution in [3.8, 4) is 11.3 Å². The largest absolute Gasteiger partial charge is 0.417 e. The molecule has 3 rings (SSSR count). The van der Waals surface area contributed by atoms with Gasteiger partial charge in [-0.05, 0) is 12.1 Å². The van der Waals surface area contributed by atoms with Crippen LogP contribution in [0.15, 0.2) is 27.4 Å². The summed E-state index contributed by atoms with van der Waals surface area (Å²) in [6.07, 6.45) is 0. The van der Waals surface area contributed by atoms with Gasteiger partial charge < -0.3 is 15.9 Å². The zero-order valence-electron chi connectivity index (χ0n) is 8.56. The highest BCUT2D eigenvalue weighted by atomic mass is 32.1. The standard InChI is InChI=1S/C10H8N4O2S/c11-8-7(14-9(12)17-8)4-1-2-5-6(3-4)16-10(15)13-5/h1-3H,11H2,(H2,12,14)(H,13,15). The Morgan fingerprint density at radius 3 is 2.88 bits per heavy atom. The second-order valence-electron chi connectivity index (χ2n) is 3.49. The second-order valence-corrected chi connectivity index (χ2v) is 4.55. The SMILES string of the molecule is Nc1nc(-c2ccc3[nH]c(=O)oc3c2)c(N)s1. The number of thiazole rings is 1. The predicted molar refractivity (Wildman–Crippen MR) is 66.8 cm³/mol. The van der Waals surface area contributed by atoms with Gasteiger partial charge in [0.15, 0.2) is 10.7 Å². The lowest BCUT2D eigenvalue weighted by atomic mass is 10.1. The van der Waals surface area contributed by atoms with Crippen molar-refractivity contribution in [1.82, 2.24) is 9.97 Å². The van der Waals surface area contributed by atoms with E-state index in [-0.39, 0.29) is 0 Å². The molecule has 86 valence electrons. The molecule has 0 atom stereocenters. The van der Waals surface area contributed by atoms with Gasteiger partial charge in [0.2, 0.25) is 0 Å². The lowest BCUT2D eigenvalue weighted by molar-refractivity contribution is 0.555. The van der Waals surface area contributed by atoms with Crippen LogP contribution < -0.4 is 17.2 Å². The molecular weight excluding hydrogens is 240 g/mol. The number of benzene rings is 1. The first-order chi connectivity index (χ1) is 8.13. The van der Waals surface area contributed by atoms with E-state index in [2.05, 4.69) is 9.97 Å². The Hall–Kier alpha value is -2.28. The number of aromatic nitrogens is 2. The zero-order valence-corrected chi connectivity index (χ0v) is 9.38. The first-order valence-corrected chi connectivity index (χ1v) is 5.60. The van der Waals surface area contributed by atoms with Crippen LogP contribution in [-0.2, 0) is 0 Å². The number of hydrogen-bond acceptors (Lipinski definition) is 6. The Kier molecular flexibility index (Phi) is 1.96. The number of anilines is 2. The number of oxazole rings is 1. The number of H-pyrrole nitrogens is 1. The van der Waals surface area contributed by atoms with Crippen LogP contribution in [0.3, 0.4) is 0 Å². The predicted octanol–water partition coefficient (Wildman–Crippen LogP) is 1.41. The van der Waals surface area contributed by atoms with Crippen molar-refractivity contribution in [3.05, 3.63) is 28.7 Å². The van der Waals surface area contributed by atoms with Crippen molar-refractivity contribution in [1.29, 1.82) is 0 Å². The van der Waals surface area contributed by atoms with Gasteiger partial charge in [0.25, 0.3) is 0 Å². The van der Waals surface area contributed by atoms with Gasteiger partial charge in [-0.15, -0.1) is 0 Å². The minimum Gasteiger partial charge on any atom is -0.408 e. The minimum absolute atomic E-state index is 0.410. The highest BCUT2D eigenvalue weighted by molar-refractivity contribution is 7.19. The highest BCUT2D eigenvalue weighted by Gasteiger charge is 2.10. The Morgan fingerprint density at radius 1 is 1.35 bits per heavy atom. The van der Waals surface area contributed by atoms with Gasteiger partial charge in [-0.25, -0.2) is 9.78 Å². The van der Waals surface area contributed by atoms with Crippen molar-refractivity contribution in [2.24, 2.45) is 0 Å². The normalized spacial score (nSPS) is 11.1. The van der Waals surface area contributed by atoms with E-state index in [1.54, 1.807) is 18.2 Å². The van der Waals surface area contributed by atoms with Gasteiger partial charge in [-0.1, -0.05) is 17.4 Å². The van der Waals surface area contributed by atoms with Gasteiger partial charge >= 0.3 is 5.76 Å². The lowest BCUT2D eigenvalue weighted by Crippen LogP contribution is -1.92. The Morgan fingerprint density at radius 2 is 2.18 bits per heavy atom. The molecule has 0 saturated heterocycles. The fraction of sp³-hybridized carbons (Fsp3) is 0. The van der Waals surface area contributed by atoms with Crippen LogP contribution in [0.25, 0.3) is 22.4 Å². The van der Waals surface area contributed by atoms with E-state index < -0.39 is 5.76 Å². The van der Waals surface area contributed by atoms with Crippen molar-refractivity contribution in [3.63, 3.8) is 0 Å². The third kappa shape index (κ3) is 1.56. The Bertz CT molecular complexity index is 755. The van der Waals surface area contributed by atoms with E-state index in [0.717, 1.165) is 5.56 Å². The highest BCUT2D eigenvalue weighted by Crippen LogP contribution is 2.32. The average molecular weight is 248 g/mol. The number of aromatic amines is 1. The summed E-state index contributed by atoms with van der Waals surface area (Å²) in [6, 6.07) is 5.25.